The van der Waals surface area contributed by atoms with Gasteiger partial charge in [-0.05, 0) is 47.7 Å². The Morgan fingerprint density at radius 2 is 2.11 bits per heavy atom. The molecule has 0 aliphatic carbocycles. The maximum absolute atomic E-state index is 13.2. The molecule has 0 amide bonds. The molecule has 0 aliphatic heterocycles. The summed E-state index contributed by atoms with van der Waals surface area (Å²) in [6, 6.07) is 6.50. The standard InChI is InChI=1S/C15H16FNO/c1-3-11-9-17-7-6-13(11)15(18)12-4-5-14(16)10(2)8-12/h4-9,15,18H,3H2,1-2H3. The molecule has 1 N–H and O–H groups in total. The largest absolute Gasteiger partial charge is 0.384 e. The van der Waals surface area contributed by atoms with E-state index in [-0.39, 0.29) is 5.82 Å². The smallest absolute Gasteiger partial charge is 0.126 e. The van der Waals surface area contributed by atoms with Gasteiger partial charge in [0.15, 0.2) is 0 Å². The van der Waals surface area contributed by atoms with Gasteiger partial charge in [0.05, 0.1) is 0 Å². The van der Waals surface area contributed by atoms with Crippen LogP contribution in [-0.2, 0) is 6.42 Å². The average Bonchev–Trinajstić information content (AvgIpc) is 2.41. The summed E-state index contributed by atoms with van der Waals surface area (Å²) in [4.78, 5) is 4.05. The molecule has 1 heterocycles. The number of pyridine rings is 1. The molecule has 0 saturated carbocycles. The molecule has 2 nitrogen and oxygen atoms in total. The fourth-order valence-corrected chi connectivity index (χ4v) is 2.02. The molecule has 0 aliphatic rings. The van der Waals surface area contributed by atoms with Crippen LogP contribution < -0.4 is 0 Å². The van der Waals surface area contributed by atoms with Crippen LogP contribution in [0.15, 0.2) is 36.7 Å². The summed E-state index contributed by atoms with van der Waals surface area (Å²) in [6.07, 6.45) is 3.49. The van der Waals surface area contributed by atoms with Gasteiger partial charge in [-0.1, -0.05) is 19.1 Å². The van der Waals surface area contributed by atoms with E-state index in [1.165, 1.54) is 6.07 Å². The molecule has 94 valence electrons. The molecular weight excluding hydrogens is 229 g/mol. The first kappa shape index (κ1) is 12.7. The summed E-state index contributed by atoms with van der Waals surface area (Å²) >= 11 is 0. The molecule has 0 spiro atoms. The van der Waals surface area contributed by atoms with Gasteiger partial charge in [0.2, 0.25) is 0 Å². The minimum Gasteiger partial charge on any atom is -0.384 e. The Bertz CT molecular complexity index is 554. The van der Waals surface area contributed by atoms with Crippen LogP contribution in [0.25, 0.3) is 0 Å². The van der Waals surface area contributed by atoms with Gasteiger partial charge in [0.25, 0.3) is 0 Å². The molecule has 1 aromatic heterocycles. The monoisotopic (exact) mass is 245 g/mol. The van der Waals surface area contributed by atoms with E-state index in [0.29, 0.717) is 11.1 Å². The van der Waals surface area contributed by atoms with E-state index in [1.54, 1.807) is 31.5 Å². The van der Waals surface area contributed by atoms with E-state index in [1.807, 2.05) is 13.0 Å². The predicted octanol–water partition coefficient (Wildman–Crippen LogP) is 3.17. The number of nitrogens with zero attached hydrogens (tertiary/aromatic N) is 1. The molecule has 2 rings (SSSR count). The Morgan fingerprint density at radius 1 is 1.33 bits per heavy atom. The van der Waals surface area contributed by atoms with Gasteiger partial charge in [-0.15, -0.1) is 0 Å². The minimum absolute atomic E-state index is 0.253. The number of aliphatic hydroxyl groups excluding tert-OH is 1. The first-order valence-corrected chi connectivity index (χ1v) is 6.00. The second-order valence-corrected chi connectivity index (χ2v) is 4.34. The number of hydrogen-bond acceptors (Lipinski definition) is 2. The molecule has 0 saturated heterocycles. The second-order valence-electron chi connectivity index (χ2n) is 4.34. The summed E-state index contributed by atoms with van der Waals surface area (Å²) in [7, 11) is 0. The third-order valence-corrected chi connectivity index (χ3v) is 3.11. The molecule has 2 aromatic rings. The van der Waals surface area contributed by atoms with Crippen LogP contribution in [0, 0.1) is 12.7 Å². The van der Waals surface area contributed by atoms with Gasteiger partial charge in [0.1, 0.15) is 11.9 Å². The van der Waals surface area contributed by atoms with E-state index in [2.05, 4.69) is 4.98 Å². The van der Waals surface area contributed by atoms with E-state index < -0.39 is 6.10 Å². The zero-order valence-corrected chi connectivity index (χ0v) is 10.5. The fourth-order valence-electron chi connectivity index (χ4n) is 2.02. The van der Waals surface area contributed by atoms with Gasteiger partial charge in [-0.3, -0.25) is 4.98 Å². The Labute approximate surface area is 106 Å². The molecule has 1 unspecified atom stereocenters. The van der Waals surface area contributed by atoms with Crippen molar-refractivity contribution in [3.63, 3.8) is 0 Å². The van der Waals surface area contributed by atoms with Crippen LogP contribution in [0.4, 0.5) is 4.39 Å². The third-order valence-electron chi connectivity index (χ3n) is 3.11. The molecule has 1 atom stereocenters. The van der Waals surface area contributed by atoms with Crippen molar-refractivity contribution in [2.75, 3.05) is 0 Å². The summed E-state index contributed by atoms with van der Waals surface area (Å²) in [5.41, 5.74) is 3.08. The number of aromatic nitrogens is 1. The van der Waals surface area contributed by atoms with E-state index >= 15 is 0 Å². The van der Waals surface area contributed by atoms with Crippen LogP contribution in [0.5, 0.6) is 0 Å². The Hall–Kier alpha value is -1.74. The summed E-state index contributed by atoms with van der Waals surface area (Å²) in [5, 5.41) is 10.4. The van der Waals surface area contributed by atoms with Gasteiger partial charge in [-0.25, -0.2) is 4.39 Å². The van der Waals surface area contributed by atoms with E-state index in [0.717, 1.165) is 17.5 Å². The third kappa shape index (κ3) is 2.41. The highest BCUT2D eigenvalue weighted by Gasteiger charge is 2.14. The predicted molar refractivity (Wildman–Crippen MR) is 68.8 cm³/mol. The molecule has 18 heavy (non-hydrogen) atoms. The van der Waals surface area contributed by atoms with Gasteiger partial charge < -0.3 is 5.11 Å². The van der Waals surface area contributed by atoms with Crippen molar-refractivity contribution in [2.45, 2.75) is 26.4 Å². The summed E-state index contributed by atoms with van der Waals surface area (Å²) in [6.45, 7) is 3.71. The maximum Gasteiger partial charge on any atom is 0.126 e. The number of rotatable bonds is 3. The number of halogens is 1. The van der Waals surface area contributed by atoms with Crippen molar-refractivity contribution in [3.8, 4) is 0 Å². The SMILES string of the molecule is CCc1cnccc1C(O)c1ccc(F)c(C)c1. The van der Waals surface area contributed by atoms with Crippen LogP contribution >= 0.6 is 0 Å². The van der Waals surface area contributed by atoms with Gasteiger partial charge in [0, 0.05) is 12.4 Å². The topological polar surface area (TPSA) is 33.1 Å². The van der Waals surface area contributed by atoms with Crippen molar-refractivity contribution in [1.82, 2.24) is 4.98 Å². The van der Waals surface area contributed by atoms with E-state index in [9.17, 15) is 9.50 Å². The Kier molecular flexibility index (Phi) is 3.72. The number of hydrogen-bond donors (Lipinski definition) is 1. The lowest BCUT2D eigenvalue weighted by Crippen LogP contribution is -2.04. The van der Waals surface area contributed by atoms with Crippen LogP contribution in [-0.4, -0.2) is 10.1 Å². The van der Waals surface area contributed by atoms with Gasteiger partial charge >= 0.3 is 0 Å². The molecule has 3 heteroatoms. The molecule has 1 aromatic carbocycles. The number of benzene rings is 1. The summed E-state index contributed by atoms with van der Waals surface area (Å²) < 4.78 is 13.2. The quantitative estimate of drug-likeness (QED) is 0.901. The first-order chi connectivity index (χ1) is 8.63. The minimum atomic E-state index is -0.734. The zero-order valence-electron chi connectivity index (χ0n) is 10.5. The second kappa shape index (κ2) is 5.27. The van der Waals surface area contributed by atoms with Crippen molar-refractivity contribution in [3.05, 3.63) is 64.7 Å². The highest BCUT2D eigenvalue weighted by Crippen LogP contribution is 2.26. The van der Waals surface area contributed by atoms with E-state index in [4.69, 9.17) is 0 Å². The highest BCUT2D eigenvalue weighted by molar-refractivity contribution is 5.36. The lowest BCUT2D eigenvalue weighted by molar-refractivity contribution is 0.219. The zero-order chi connectivity index (χ0) is 13.1. The lowest BCUT2D eigenvalue weighted by atomic mass is 9.96. The molecular formula is C15H16FNO. The number of aliphatic hydroxyl groups is 1. The average molecular weight is 245 g/mol. The van der Waals surface area contributed by atoms with Gasteiger partial charge in [-0.2, -0.15) is 0 Å². The molecule has 0 bridgehead atoms. The molecule has 0 fully saturated rings. The fraction of sp³-hybridized carbons (Fsp3) is 0.267. The summed E-state index contributed by atoms with van der Waals surface area (Å²) in [5.74, 6) is -0.253. The van der Waals surface area contributed by atoms with Crippen LogP contribution in [0.3, 0.4) is 0 Å². The van der Waals surface area contributed by atoms with Crippen molar-refractivity contribution in [1.29, 1.82) is 0 Å². The van der Waals surface area contributed by atoms with Crippen LogP contribution in [0.2, 0.25) is 0 Å². The molecule has 0 radical (unpaired) electrons. The van der Waals surface area contributed by atoms with Crippen LogP contribution in [0.1, 0.15) is 35.3 Å². The first-order valence-electron chi connectivity index (χ1n) is 6.00. The Balaban J connectivity index is 2.41. The lowest BCUT2D eigenvalue weighted by Gasteiger charge is -2.15. The highest BCUT2D eigenvalue weighted by atomic mass is 19.1. The maximum atomic E-state index is 13.2. The van der Waals surface area contributed by atoms with Crippen molar-refractivity contribution in [2.24, 2.45) is 0 Å². The Morgan fingerprint density at radius 3 is 2.78 bits per heavy atom. The normalized spacial score (nSPS) is 12.4. The number of aryl methyl sites for hydroxylation is 2. The van der Waals surface area contributed by atoms with Crippen molar-refractivity contribution >= 4 is 0 Å². The van der Waals surface area contributed by atoms with Crippen molar-refractivity contribution < 1.29 is 9.50 Å².